The van der Waals surface area contributed by atoms with Crippen LogP contribution in [0.15, 0.2) is 36.4 Å². The Kier molecular flexibility index (Phi) is 4.91. The molecule has 122 valence electrons. The summed E-state index contributed by atoms with van der Waals surface area (Å²) in [6, 6.07) is 10.6. The quantitative estimate of drug-likeness (QED) is 0.907. The standard InChI is InChI=1S/C19H21F2NO/c1-13-10-17(20)19(18(21)11-13)23-12-15-4-2-3-5-16(15)14-6-8-22-9-7-14/h2-5,10-11,14,22H,6-9,12H2,1H3. The zero-order valence-corrected chi connectivity index (χ0v) is 13.2. The first-order chi connectivity index (χ1) is 11.1. The van der Waals surface area contributed by atoms with Crippen LogP contribution in [-0.2, 0) is 6.61 Å². The second-order valence-corrected chi connectivity index (χ2v) is 6.07. The van der Waals surface area contributed by atoms with E-state index in [-0.39, 0.29) is 12.4 Å². The maximum Gasteiger partial charge on any atom is 0.191 e. The molecule has 0 aromatic heterocycles. The van der Waals surface area contributed by atoms with E-state index in [1.807, 2.05) is 18.2 Å². The summed E-state index contributed by atoms with van der Waals surface area (Å²) in [5.74, 6) is -1.12. The SMILES string of the molecule is Cc1cc(F)c(OCc2ccccc2C2CCNCC2)c(F)c1. The molecule has 1 saturated heterocycles. The Morgan fingerprint density at radius 2 is 1.74 bits per heavy atom. The first-order valence-corrected chi connectivity index (χ1v) is 8.02. The van der Waals surface area contributed by atoms with Gasteiger partial charge in [-0.05, 0) is 67.6 Å². The summed E-state index contributed by atoms with van der Waals surface area (Å²) in [6.07, 6.45) is 2.15. The van der Waals surface area contributed by atoms with Crippen molar-refractivity contribution >= 4 is 0 Å². The molecule has 1 fully saturated rings. The lowest BCUT2D eigenvalue weighted by Gasteiger charge is -2.25. The van der Waals surface area contributed by atoms with Crippen molar-refractivity contribution < 1.29 is 13.5 Å². The Balaban J connectivity index is 1.79. The molecular weight excluding hydrogens is 296 g/mol. The average Bonchev–Trinajstić information content (AvgIpc) is 2.55. The maximum atomic E-state index is 13.9. The van der Waals surface area contributed by atoms with Gasteiger partial charge in [-0.25, -0.2) is 8.78 Å². The predicted molar refractivity (Wildman–Crippen MR) is 86.7 cm³/mol. The number of hydrogen-bond donors (Lipinski definition) is 1. The van der Waals surface area contributed by atoms with E-state index < -0.39 is 11.6 Å². The van der Waals surface area contributed by atoms with Crippen molar-refractivity contribution in [2.45, 2.75) is 32.3 Å². The maximum absolute atomic E-state index is 13.9. The minimum absolute atomic E-state index is 0.178. The first-order valence-electron chi connectivity index (χ1n) is 8.02. The summed E-state index contributed by atoms with van der Waals surface area (Å²) >= 11 is 0. The van der Waals surface area contributed by atoms with Crippen LogP contribution in [0.2, 0.25) is 0 Å². The number of piperidine rings is 1. The molecule has 0 unspecified atom stereocenters. The predicted octanol–water partition coefficient (Wildman–Crippen LogP) is 4.32. The highest BCUT2D eigenvalue weighted by molar-refractivity contribution is 5.33. The molecule has 0 atom stereocenters. The molecule has 1 aliphatic rings. The van der Waals surface area contributed by atoms with Gasteiger partial charge in [-0.2, -0.15) is 0 Å². The van der Waals surface area contributed by atoms with Gasteiger partial charge in [0.05, 0.1) is 0 Å². The number of halogens is 2. The largest absolute Gasteiger partial charge is 0.483 e. The molecule has 2 aromatic rings. The van der Waals surface area contributed by atoms with Crippen molar-refractivity contribution in [1.29, 1.82) is 0 Å². The molecule has 0 spiro atoms. The molecule has 0 amide bonds. The molecule has 0 aliphatic carbocycles. The molecule has 1 aliphatic heterocycles. The van der Waals surface area contributed by atoms with Gasteiger partial charge in [0.25, 0.3) is 0 Å². The van der Waals surface area contributed by atoms with E-state index in [4.69, 9.17) is 4.74 Å². The summed E-state index contributed by atoms with van der Waals surface area (Å²) in [5.41, 5.74) is 2.77. The summed E-state index contributed by atoms with van der Waals surface area (Å²) < 4.78 is 33.3. The molecule has 0 bridgehead atoms. The monoisotopic (exact) mass is 317 g/mol. The third-order valence-corrected chi connectivity index (χ3v) is 4.35. The molecule has 2 aromatic carbocycles. The van der Waals surface area contributed by atoms with Crippen molar-refractivity contribution in [3.63, 3.8) is 0 Å². The van der Waals surface area contributed by atoms with Crippen molar-refractivity contribution in [3.05, 3.63) is 64.7 Å². The van der Waals surface area contributed by atoms with Crippen LogP contribution in [0, 0.1) is 18.6 Å². The average molecular weight is 317 g/mol. The smallest absolute Gasteiger partial charge is 0.191 e. The molecule has 4 heteroatoms. The van der Waals surface area contributed by atoms with Gasteiger partial charge in [0.2, 0.25) is 0 Å². The van der Waals surface area contributed by atoms with Crippen LogP contribution in [0.25, 0.3) is 0 Å². The van der Waals surface area contributed by atoms with Crippen LogP contribution < -0.4 is 10.1 Å². The number of ether oxygens (including phenoxy) is 1. The Labute approximate surface area is 135 Å². The van der Waals surface area contributed by atoms with E-state index >= 15 is 0 Å². The second kappa shape index (κ2) is 7.09. The Morgan fingerprint density at radius 3 is 2.43 bits per heavy atom. The number of benzene rings is 2. The first kappa shape index (κ1) is 15.9. The summed E-state index contributed by atoms with van der Waals surface area (Å²) in [4.78, 5) is 0. The fourth-order valence-corrected chi connectivity index (χ4v) is 3.17. The Morgan fingerprint density at radius 1 is 1.09 bits per heavy atom. The molecule has 1 heterocycles. The second-order valence-electron chi connectivity index (χ2n) is 6.07. The van der Waals surface area contributed by atoms with E-state index in [0.29, 0.717) is 11.5 Å². The molecule has 0 saturated carbocycles. The van der Waals surface area contributed by atoms with Gasteiger partial charge in [0, 0.05) is 0 Å². The van der Waals surface area contributed by atoms with Crippen LogP contribution in [0.1, 0.15) is 35.4 Å². The molecule has 2 nitrogen and oxygen atoms in total. The van der Waals surface area contributed by atoms with Crippen molar-refractivity contribution in [3.8, 4) is 5.75 Å². The molecule has 1 N–H and O–H groups in total. The molecular formula is C19H21F2NO. The van der Waals surface area contributed by atoms with Crippen molar-refractivity contribution in [1.82, 2.24) is 5.32 Å². The van der Waals surface area contributed by atoms with E-state index in [0.717, 1.165) is 31.5 Å². The van der Waals surface area contributed by atoms with E-state index in [1.165, 1.54) is 17.7 Å². The van der Waals surface area contributed by atoms with Gasteiger partial charge in [-0.1, -0.05) is 24.3 Å². The number of aryl methyl sites for hydroxylation is 1. The van der Waals surface area contributed by atoms with Gasteiger partial charge in [0.1, 0.15) is 6.61 Å². The highest BCUT2D eigenvalue weighted by Crippen LogP contribution is 2.30. The van der Waals surface area contributed by atoms with Crippen LogP contribution >= 0.6 is 0 Å². The van der Waals surface area contributed by atoms with Crippen molar-refractivity contribution in [2.75, 3.05) is 13.1 Å². The van der Waals surface area contributed by atoms with Gasteiger partial charge in [0.15, 0.2) is 17.4 Å². The van der Waals surface area contributed by atoms with E-state index in [9.17, 15) is 8.78 Å². The molecule has 0 radical (unpaired) electrons. The summed E-state index contributed by atoms with van der Waals surface area (Å²) in [6.45, 7) is 3.83. The van der Waals surface area contributed by atoms with Crippen molar-refractivity contribution in [2.24, 2.45) is 0 Å². The Bertz CT molecular complexity index is 658. The fourth-order valence-electron chi connectivity index (χ4n) is 3.17. The fraction of sp³-hybridized carbons (Fsp3) is 0.368. The molecule has 3 rings (SSSR count). The lowest BCUT2D eigenvalue weighted by Crippen LogP contribution is -2.27. The van der Waals surface area contributed by atoms with E-state index in [1.54, 1.807) is 6.92 Å². The normalized spacial score (nSPS) is 15.6. The summed E-state index contributed by atoms with van der Waals surface area (Å²) in [7, 11) is 0. The number of rotatable bonds is 4. The number of hydrogen-bond acceptors (Lipinski definition) is 2. The van der Waals surface area contributed by atoms with E-state index in [2.05, 4.69) is 11.4 Å². The third kappa shape index (κ3) is 3.70. The lowest BCUT2D eigenvalue weighted by molar-refractivity contribution is 0.271. The van der Waals surface area contributed by atoms with Gasteiger partial charge < -0.3 is 10.1 Å². The topological polar surface area (TPSA) is 21.3 Å². The molecule has 23 heavy (non-hydrogen) atoms. The lowest BCUT2D eigenvalue weighted by atomic mass is 9.87. The summed E-state index contributed by atoms with van der Waals surface area (Å²) in [5, 5.41) is 3.35. The highest BCUT2D eigenvalue weighted by Gasteiger charge is 2.19. The van der Waals surface area contributed by atoms with Gasteiger partial charge in [-0.15, -0.1) is 0 Å². The van der Waals surface area contributed by atoms with Crippen LogP contribution in [0.5, 0.6) is 5.75 Å². The Hall–Kier alpha value is -1.94. The van der Waals surface area contributed by atoms with Crippen LogP contribution in [0.4, 0.5) is 8.78 Å². The highest BCUT2D eigenvalue weighted by atomic mass is 19.1. The zero-order chi connectivity index (χ0) is 16.2. The zero-order valence-electron chi connectivity index (χ0n) is 13.2. The van der Waals surface area contributed by atoms with Crippen LogP contribution in [0.3, 0.4) is 0 Å². The minimum Gasteiger partial charge on any atom is -0.483 e. The number of nitrogens with one attached hydrogen (secondary N) is 1. The van der Waals surface area contributed by atoms with Crippen LogP contribution in [-0.4, -0.2) is 13.1 Å². The van der Waals surface area contributed by atoms with Gasteiger partial charge >= 0.3 is 0 Å². The van der Waals surface area contributed by atoms with Gasteiger partial charge in [-0.3, -0.25) is 0 Å². The minimum atomic E-state index is -0.651. The third-order valence-electron chi connectivity index (χ3n) is 4.35.